The predicted molar refractivity (Wildman–Crippen MR) is 84.4 cm³/mol. The lowest BCUT2D eigenvalue weighted by molar-refractivity contribution is 0.414. The number of allylic oxidation sites excluding steroid dienone is 1. The van der Waals surface area contributed by atoms with E-state index in [0.29, 0.717) is 5.92 Å². The molecule has 0 aliphatic heterocycles. The third kappa shape index (κ3) is 2.46. The van der Waals surface area contributed by atoms with Crippen LogP contribution < -0.4 is 4.74 Å². The predicted octanol–water partition coefficient (Wildman–Crippen LogP) is 4.97. The molecule has 0 amide bonds. The zero-order valence-corrected chi connectivity index (χ0v) is 12.4. The minimum absolute atomic E-state index is 0.528. The van der Waals surface area contributed by atoms with E-state index in [1.165, 1.54) is 22.3 Å². The van der Waals surface area contributed by atoms with Crippen LogP contribution in [-0.4, -0.2) is 7.11 Å². The molecule has 0 bridgehead atoms. The molecule has 2 heteroatoms. The number of hydrogen-bond donors (Lipinski definition) is 0. The Labute approximate surface area is 124 Å². The summed E-state index contributed by atoms with van der Waals surface area (Å²) in [6.07, 6.45) is 3.40. The molecule has 0 N–H and O–H groups in total. The van der Waals surface area contributed by atoms with Crippen molar-refractivity contribution in [3.05, 3.63) is 70.3 Å². The van der Waals surface area contributed by atoms with Crippen LogP contribution in [0.5, 0.6) is 5.75 Å². The summed E-state index contributed by atoms with van der Waals surface area (Å²) in [5.41, 5.74) is 5.15. The van der Waals surface area contributed by atoms with Gasteiger partial charge in [0.25, 0.3) is 0 Å². The van der Waals surface area contributed by atoms with E-state index in [1.807, 2.05) is 18.2 Å². The van der Waals surface area contributed by atoms with Crippen molar-refractivity contribution >= 4 is 17.2 Å². The van der Waals surface area contributed by atoms with Crippen LogP contribution in [0.1, 0.15) is 23.6 Å². The maximum Gasteiger partial charge on any atom is 0.119 e. The maximum absolute atomic E-state index is 5.98. The highest BCUT2D eigenvalue weighted by Crippen LogP contribution is 2.35. The molecular weight excluding hydrogens is 268 g/mol. The summed E-state index contributed by atoms with van der Waals surface area (Å²) in [5, 5.41) is 0.771. The summed E-state index contributed by atoms with van der Waals surface area (Å²) < 4.78 is 5.34. The topological polar surface area (TPSA) is 9.23 Å². The van der Waals surface area contributed by atoms with Gasteiger partial charge in [-0.05, 0) is 58.9 Å². The van der Waals surface area contributed by atoms with Crippen molar-refractivity contribution < 1.29 is 4.74 Å². The Hall–Kier alpha value is -1.73. The van der Waals surface area contributed by atoms with Crippen LogP contribution in [0, 0.1) is 5.92 Å². The smallest absolute Gasteiger partial charge is 0.119 e. The molecule has 20 heavy (non-hydrogen) atoms. The molecule has 3 rings (SSSR count). The van der Waals surface area contributed by atoms with Gasteiger partial charge in [-0.25, -0.2) is 0 Å². The van der Waals surface area contributed by atoms with Gasteiger partial charge in [0.05, 0.1) is 7.11 Å². The van der Waals surface area contributed by atoms with E-state index in [9.17, 15) is 0 Å². The molecule has 0 spiro atoms. The molecule has 102 valence electrons. The van der Waals surface area contributed by atoms with E-state index in [2.05, 4.69) is 37.3 Å². The monoisotopic (exact) mass is 284 g/mol. The van der Waals surface area contributed by atoms with Crippen molar-refractivity contribution in [3.63, 3.8) is 0 Å². The van der Waals surface area contributed by atoms with Gasteiger partial charge >= 0.3 is 0 Å². The van der Waals surface area contributed by atoms with Crippen LogP contribution in [-0.2, 0) is 6.42 Å². The molecule has 0 aromatic heterocycles. The quantitative estimate of drug-likeness (QED) is 0.756. The highest BCUT2D eigenvalue weighted by atomic mass is 35.5. The summed E-state index contributed by atoms with van der Waals surface area (Å²) in [6, 6.07) is 14.4. The number of ether oxygens (including phenoxy) is 1. The van der Waals surface area contributed by atoms with Gasteiger partial charge in [0.1, 0.15) is 5.75 Å². The SMILES string of the molecule is COc1ccc2c(c1)CC(C)C=C2c1ccc(Cl)cc1. The van der Waals surface area contributed by atoms with Crippen molar-refractivity contribution in [2.45, 2.75) is 13.3 Å². The van der Waals surface area contributed by atoms with Crippen LogP contribution in [0.15, 0.2) is 48.5 Å². The molecule has 1 aliphatic rings. The Morgan fingerprint density at radius 2 is 1.85 bits per heavy atom. The van der Waals surface area contributed by atoms with E-state index < -0.39 is 0 Å². The minimum atomic E-state index is 0.528. The second-order valence-electron chi connectivity index (χ2n) is 5.29. The normalized spacial score (nSPS) is 17.4. The van der Waals surface area contributed by atoms with E-state index in [0.717, 1.165) is 17.2 Å². The Bertz CT molecular complexity index is 656. The average Bonchev–Trinajstić information content (AvgIpc) is 2.46. The lowest BCUT2D eigenvalue weighted by atomic mass is 9.82. The second-order valence-corrected chi connectivity index (χ2v) is 5.73. The third-order valence-electron chi connectivity index (χ3n) is 3.75. The van der Waals surface area contributed by atoms with Gasteiger partial charge in [-0.3, -0.25) is 0 Å². The van der Waals surface area contributed by atoms with Gasteiger partial charge in [-0.15, -0.1) is 0 Å². The van der Waals surface area contributed by atoms with Crippen molar-refractivity contribution in [1.29, 1.82) is 0 Å². The summed E-state index contributed by atoms with van der Waals surface area (Å²) >= 11 is 5.98. The van der Waals surface area contributed by atoms with Crippen LogP contribution in [0.2, 0.25) is 5.02 Å². The van der Waals surface area contributed by atoms with Crippen LogP contribution >= 0.6 is 11.6 Å². The zero-order valence-electron chi connectivity index (χ0n) is 11.7. The molecule has 0 heterocycles. The summed E-state index contributed by atoms with van der Waals surface area (Å²) in [4.78, 5) is 0. The van der Waals surface area contributed by atoms with E-state index >= 15 is 0 Å². The second kappa shape index (κ2) is 5.34. The first-order valence-electron chi connectivity index (χ1n) is 6.82. The van der Waals surface area contributed by atoms with Gasteiger partial charge in [-0.1, -0.05) is 42.8 Å². The number of hydrogen-bond acceptors (Lipinski definition) is 1. The Morgan fingerprint density at radius 1 is 1.10 bits per heavy atom. The van der Waals surface area contributed by atoms with Gasteiger partial charge in [0.15, 0.2) is 0 Å². The van der Waals surface area contributed by atoms with E-state index in [1.54, 1.807) is 7.11 Å². The molecule has 2 aromatic carbocycles. The highest BCUT2D eigenvalue weighted by Gasteiger charge is 2.18. The van der Waals surface area contributed by atoms with Gasteiger partial charge in [0, 0.05) is 5.02 Å². The van der Waals surface area contributed by atoms with Gasteiger partial charge in [0.2, 0.25) is 0 Å². The fourth-order valence-electron chi connectivity index (χ4n) is 2.79. The van der Waals surface area contributed by atoms with Crippen molar-refractivity contribution in [2.75, 3.05) is 7.11 Å². The average molecular weight is 285 g/mol. The molecule has 0 radical (unpaired) electrons. The molecule has 1 atom stereocenters. The van der Waals surface area contributed by atoms with Gasteiger partial charge in [-0.2, -0.15) is 0 Å². The van der Waals surface area contributed by atoms with Crippen LogP contribution in [0.25, 0.3) is 5.57 Å². The number of fused-ring (bicyclic) bond motifs is 1. The molecular formula is C18H17ClO. The zero-order chi connectivity index (χ0) is 14.1. The third-order valence-corrected chi connectivity index (χ3v) is 4.00. The number of methoxy groups -OCH3 is 1. The summed E-state index contributed by atoms with van der Waals surface area (Å²) in [6.45, 7) is 2.25. The lowest BCUT2D eigenvalue weighted by Gasteiger charge is -2.23. The molecule has 0 saturated carbocycles. The van der Waals surface area contributed by atoms with Crippen molar-refractivity contribution in [2.24, 2.45) is 5.92 Å². The molecule has 0 fully saturated rings. The fourth-order valence-corrected chi connectivity index (χ4v) is 2.92. The van der Waals surface area contributed by atoms with Gasteiger partial charge < -0.3 is 4.74 Å². The minimum Gasteiger partial charge on any atom is -0.497 e. The number of halogens is 1. The lowest BCUT2D eigenvalue weighted by Crippen LogP contribution is -2.08. The Morgan fingerprint density at radius 3 is 2.55 bits per heavy atom. The first-order chi connectivity index (χ1) is 9.67. The number of rotatable bonds is 2. The molecule has 1 nitrogen and oxygen atoms in total. The fraction of sp³-hybridized carbons (Fsp3) is 0.222. The standard InChI is InChI=1S/C18H17ClO/c1-12-9-14-11-16(20-2)7-8-17(14)18(10-12)13-3-5-15(19)6-4-13/h3-8,10-12H,9H2,1-2H3. The largest absolute Gasteiger partial charge is 0.497 e. The molecule has 1 aliphatic carbocycles. The Balaban J connectivity index is 2.10. The van der Waals surface area contributed by atoms with Crippen molar-refractivity contribution in [3.8, 4) is 5.75 Å². The summed E-state index contributed by atoms with van der Waals surface area (Å²) in [5.74, 6) is 1.45. The maximum atomic E-state index is 5.98. The van der Waals surface area contributed by atoms with E-state index in [4.69, 9.17) is 16.3 Å². The van der Waals surface area contributed by atoms with Crippen molar-refractivity contribution in [1.82, 2.24) is 0 Å². The first-order valence-corrected chi connectivity index (χ1v) is 7.20. The van der Waals surface area contributed by atoms with Crippen LogP contribution in [0.3, 0.4) is 0 Å². The Kier molecular flexibility index (Phi) is 3.54. The molecule has 2 aromatic rings. The van der Waals surface area contributed by atoms with Crippen LogP contribution in [0.4, 0.5) is 0 Å². The first kappa shape index (κ1) is 13.3. The highest BCUT2D eigenvalue weighted by molar-refractivity contribution is 6.30. The molecule has 0 saturated heterocycles. The van der Waals surface area contributed by atoms with E-state index in [-0.39, 0.29) is 0 Å². The molecule has 1 unspecified atom stereocenters. The summed E-state index contributed by atoms with van der Waals surface area (Å²) in [7, 11) is 1.71. The number of benzene rings is 2.